The van der Waals surface area contributed by atoms with Crippen molar-refractivity contribution in [2.24, 2.45) is 5.92 Å². The van der Waals surface area contributed by atoms with Crippen molar-refractivity contribution in [3.05, 3.63) is 17.7 Å². The average Bonchev–Trinajstić information content (AvgIpc) is 2.54. The molecule has 1 aliphatic rings. The Morgan fingerprint density at radius 3 is 2.63 bits per heavy atom. The minimum Gasteiger partial charge on any atom is -0.507 e. The van der Waals surface area contributed by atoms with Gasteiger partial charge < -0.3 is 25.0 Å². The van der Waals surface area contributed by atoms with Crippen molar-refractivity contribution in [1.82, 2.24) is 5.32 Å². The van der Waals surface area contributed by atoms with Crippen LogP contribution in [0.15, 0.2) is 12.1 Å². The second kappa shape index (κ2) is 7.85. The number of nitrogens with one attached hydrogen (secondary N) is 1. The molecular weight excluding hydrogens is 354 g/mol. The van der Waals surface area contributed by atoms with Gasteiger partial charge in [0.2, 0.25) is 0 Å². The number of hydrogen-bond donors (Lipinski definition) is 3. The molecule has 0 aliphatic carbocycles. The first kappa shape index (κ1) is 20.5. The highest BCUT2D eigenvalue weighted by Crippen LogP contribution is 2.40. The van der Waals surface area contributed by atoms with Crippen LogP contribution in [-0.2, 0) is 9.59 Å². The highest BCUT2D eigenvalue weighted by molar-refractivity contribution is 6.03. The minimum atomic E-state index is -1.11. The predicted molar refractivity (Wildman–Crippen MR) is 96.3 cm³/mol. The lowest BCUT2D eigenvalue weighted by atomic mass is 9.92. The minimum absolute atomic E-state index is 0.0915. The first-order valence-electron chi connectivity index (χ1n) is 8.78. The number of rotatable bonds is 7. The zero-order valence-corrected chi connectivity index (χ0v) is 15.9. The van der Waals surface area contributed by atoms with Gasteiger partial charge in [-0.05, 0) is 19.8 Å². The Labute approximate surface area is 157 Å². The summed E-state index contributed by atoms with van der Waals surface area (Å²) >= 11 is 0. The molecule has 8 nitrogen and oxygen atoms in total. The number of Topliss-reactive ketones (excluding diaryl/α,β-unsaturated/α-hetero) is 1. The molecule has 1 aromatic rings. The van der Waals surface area contributed by atoms with Crippen molar-refractivity contribution in [2.45, 2.75) is 52.2 Å². The predicted octanol–water partition coefficient (Wildman–Crippen LogP) is 2.13. The van der Waals surface area contributed by atoms with E-state index in [0.717, 1.165) is 0 Å². The molecule has 8 heteroatoms. The molecule has 0 fully saturated rings. The van der Waals surface area contributed by atoms with Gasteiger partial charge in [0.25, 0.3) is 5.91 Å². The number of hydrogen-bond acceptors (Lipinski definition) is 6. The molecule has 0 spiro atoms. The van der Waals surface area contributed by atoms with E-state index < -0.39 is 30.1 Å². The quantitative estimate of drug-likeness (QED) is 0.663. The molecular formula is C19H25NO7. The van der Waals surface area contributed by atoms with E-state index in [1.54, 1.807) is 20.8 Å². The first-order chi connectivity index (χ1) is 12.5. The van der Waals surface area contributed by atoms with Crippen molar-refractivity contribution >= 4 is 17.7 Å². The second-order valence-corrected chi connectivity index (χ2v) is 7.33. The molecule has 0 saturated carbocycles. The number of aromatic hydroxyl groups is 1. The van der Waals surface area contributed by atoms with Crippen LogP contribution in [-0.4, -0.2) is 46.1 Å². The van der Waals surface area contributed by atoms with Crippen molar-refractivity contribution in [2.75, 3.05) is 6.61 Å². The number of fused-ring (bicyclic) bond motifs is 1. The van der Waals surface area contributed by atoms with Crippen LogP contribution in [0.1, 0.15) is 50.9 Å². The van der Waals surface area contributed by atoms with Gasteiger partial charge in [-0.3, -0.25) is 9.59 Å². The lowest BCUT2D eigenvalue weighted by molar-refractivity contribution is -0.143. The molecule has 0 saturated heterocycles. The molecule has 148 valence electrons. The summed E-state index contributed by atoms with van der Waals surface area (Å²) in [5.74, 6) is -2.14. The van der Waals surface area contributed by atoms with Crippen LogP contribution in [0.3, 0.4) is 0 Å². The third kappa shape index (κ3) is 4.90. The molecule has 2 atom stereocenters. The third-order valence-corrected chi connectivity index (χ3v) is 4.47. The van der Waals surface area contributed by atoms with Crippen molar-refractivity contribution in [1.29, 1.82) is 0 Å². The lowest BCUT2D eigenvalue weighted by Crippen LogP contribution is -2.46. The van der Waals surface area contributed by atoms with Gasteiger partial charge in [-0.25, -0.2) is 4.79 Å². The number of phenols is 1. The van der Waals surface area contributed by atoms with E-state index in [1.807, 2.05) is 6.92 Å². The van der Waals surface area contributed by atoms with E-state index in [1.165, 1.54) is 12.1 Å². The number of benzene rings is 1. The van der Waals surface area contributed by atoms with E-state index >= 15 is 0 Å². The molecule has 1 heterocycles. The number of aliphatic carboxylic acids is 1. The van der Waals surface area contributed by atoms with Crippen LogP contribution < -0.4 is 14.8 Å². The largest absolute Gasteiger partial charge is 0.507 e. The Bertz CT molecular complexity index is 757. The zero-order valence-electron chi connectivity index (χ0n) is 15.9. The van der Waals surface area contributed by atoms with Crippen LogP contribution in [0.2, 0.25) is 0 Å². The summed E-state index contributed by atoms with van der Waals surface area (Å²) in [7, 11) is 0. The number of carboxylic acids is 1. The maximum atomic E-state index is 12.2. The van der Waals surface area contributed by atoms with Crippen LogP contribution in [0.5, 0.6) is 17.2 Å². The van der Waals surface area contributed by atoms with Gasteiger partial charge in [0.15, 0.2) is 12.4 Å². The van der Waals surface area contributed by atoms with Crippen molar-refractivity contribution < 1.29 is 34.1 Å². The Hall–Kier alpha value is -2.77. The number of carbonyl (C=O) groups is 3. The van der Waals surface area contributed by atoms with Gasteiger partial charge in [0.05, 0.1) is 6.42 Å². The Kier molecular flexibility index (Phi) is 5.98. The normalized spacial score (nSPS) is 17.3. The van der Waals surface area contributed by atoms with E-state index in [9.17, 15) is 24.6 Å². The van der Waals surface area contributed by atoms with Crippen molar-refractivity contribution in [3.8, 4) is 17.2 Å². The third-order valence-electron chi connectivity index (χ3n) is 4.47. The molecule has 0 unspecified atom stereocenters. The summed E-state index contributed by atoms with van der Waals surface area (Å²) < 4.78 is 11.1. The molecule has 0 bridgehead atoms. The number of ether oxygens (including phenoxy) is 2. The molecule has 1 aliphatic heterocycles. The van der Waals surface area contributed by atoms with Crippen LogP contribution >= 0.6 is 0 Å². The number of carboxylic acid groups (broad SMARTS) is 1. The first-order valence-corrected chi connectivity index (χ1v) is 8.78. The molecule has 3 N–H and O–H groups in total. The van der Waals surface area contributed by atoms with Crippen LogP contribution in [0, 0.1) is 5.92 Å². The van der Waals surface area contributed by atoms with E-state index in [-0.39, 0.29) is 40.9 Å². The summed E-state index contributed by atoms with van der Waals surface area (Å²) in [5.41, 5.74) is -0.619. The summed E-state index contributed by atoms with van der Waals surface area (Å²) in [5, 5.41) is 21.7. The summed E-state index contributed by atoms with van der Waals surface area (Å²) in [6.07, 6.45) is 0.736. The summed E-state index contributed by atoms with van der Waals surface area (Å²) in [6, 6.07) is 1.66. The topological polar surface area (TPSA) is 122 Å². The van der Waals surface area contributed by atoms with Gasteiger partial charge >= 0.3 is 5.97 Å². The van der Waals surface area contributed by atoms with E-state index in [4.69, 9.17) is 9.47 Å². The van der Waals surface area contributed by atoms with E-state index in [2.05, 4.69) is 5.32 Å². The maximum absolute atomic E-state index is 12.2. The Balaban J connectivity index is 2.08. The molecule has 0 radical (unpaired) electrons. The van der Waals surface area contributed by atoms with Crippen molar-refractivity contribution in [3.63, 3.8) is 0 Å². The summed E-state index contributed by atoms with van der Waals surface area (Å²) in [4.78, 5) is 35.5. The fraction of sp³-hybridized carbons (Fsp3) is 0.526. The van der Waals surface area contributed by atoms with Gasteiger partial charge in [0, 0.05) is 12.1 Å². The lowest BCUT2D eigenvalue weighted by Gasteiger charge is -2.32. The number of amides is 1. The molecule has 2 rings (SSSR count). The smallest absolute Gasteiger partial charge is 0.326 e. The van der Waals surface area contributed by atoms with Gasteiger partial charge in [-0.1, -0.05) is 20.3 Å². The fourth-order valence-corrected chi connectivity index (χ4v) is 2.88. The van der Waals surface area contributed by atoms with Gasteiger partial charge in [-0.15, -0.1) is 0 Å². The average molecular weight is 379 g/mol. The summed E-state index contributed by atoms with van der Waals surface area (Å²) in [6.45, 7) is 6.65. The Morgan fingerprint density at radius 1 is 1.37 bits per heavy atom. The second-order valence-electron chi connectivity index (χ2n) is 7.33. The molecule has 27 heavy (non-hydrogen) atoms. The number of ketones is 1. The molecule has 1 amide bonds. The Morgan fingerprint density at radius 2 is 2.04 bits per heavy atom. The van der Waals surface area contributed by atoms with Crippen LogP contribution in [0.4, 0.5) is 0 Å². The maximum Gasteiger partial charge on any atom is 0.326 e. The monoisotopic (exact) mass is 379 g/mol. The van der Waals surface area contributed by atoms with E-state index in [0.29, 0.717) is 6.42 Å². The molecule has 0 aromatic heterocycles. The fourth-order valence-electron chi connectivity index (χ4n) is 2.88. The van der Waals surface area contributed by atoms with Gasteiger partial charge in [0.1, 0.15) is 34.5 Å². The highest BCUT2D eigenvalue weighted by Gasteiger charge is 2.35. The highest BCUT2D eigenvalue weighted by atomic mass is 16.5. The zero-order chi connectivity index (χ0) is 20.4. The van der Waals surface area contributed by atoms with Gasteiger partial charge in [-0.2, -0.15) is 0 Å². The SMILES string of the molecule is CC[C@H](C)[C@@H](NC(=O)COc1cc(O)c2c(c1)OC(C)(C)CC2=O)C(=O)O. The molecule has 1 aromatic carbocycles. The number of carbonyl (C=O) groups excluding carboxylic acids is 2. The number of phenolic OH excluding ortho intramolecular Hbond substituents is 1. The van der Waals surface area contributed by atoms with Crippen LogP contribution in [0.25, 0.3) is 0 Å². The standard InChI is InChI=1S/C19H25NO7/c1-5-10(2)17(18(24)25)20-15(23)9-26-11-6-12(21)16-13(22)8-19(3,4)27-14(16)7-11/h6-7,10,17,21H,5,8-9H2,1-4H3,(H,20,23)(H,24,25)/t10-,17+/m0/s1.